The molecule has 2 atom stereocenters. The Morgan fingerprint density at radius 2 is 1.32 bits per heavy atom. The first-order chi connectivity index (χ1) is 9.03. The highest BCUT2D eigenvalue weighted by atomic mass is 31.2. The van der Waals surface area contributed by atoms with Crippen LogP contribution in [0.4, 0.5) is 0 Å². The second-order valence-corrected chi connectivity index (χ2v) is 6.25. The van der Waals surface area contributed by atoms with Crippen LogP contribution >= 0.6 is 7.37 Å². The Balaban J connectivity index is 2.30. The first kappa shape index (κ1) is 13.8. The Morgan fingerprint density at radius 1 is 0.895 bits per heavy atom. The molecule has 0 amide bonds. The minimum atomic E-state index is -4.33. The van der Waals surface area contributed by atoms with E-state index in [9.17, 15) is 19.7 Å². The summed E-state index contributed by atoms with van der Waals surface area (Å²) in [6.45, 7) is 0. The lowest BCUT2D eigenvalue weighted by atomic mass is 10.4. The number of nitrogens with zero attached hydrogens (tertiary/aromatic N) is 2. The van der Waals surface area contributed by atoms with Crippen LogP contribution in [0.2, 0.25) is 0 Å². The molecule has 2 aromatic heterocycles. The van der Waals surface area contributed by atoms with Gasteiger partial charge in [-0.25, -0.2) is 0 Å². The van der Waals surface area contributed by atoms with E-state index < -0.39 is 19.1 Å². The molecule has 7 heteroatoms. The number of pyridine rings is 2. The minimum absolute atomic E-state index is 0.0308. The Labute approximate surface area is 109 Å². The van der Waals surface area contributed by atoms with E-state index >= 15 is 0 Å². The van der Waals surface area contributed by atoms with Gasteiger partial charge in [-0.3, -0.25) is 14.5 Å². The van der Waals surface area contributed by atoms with Gasteiger partial charge in [0.15, 0.2) is 11.7 Å². The molecule has 2 unspecified atom stereocenters. The van der Waals surface area contributed by atoms with Crippen LogP contribution in [0.5, 0.6) is 0 Å². The lowest BCUT2D eigenvalue weighted by molar-refractivity contribution is 0.182. The summed E-state index contributed by atoms with van der Waals surface area (Å²) in [5.74, 6) is -3.52. The Hall–Kier alpha value is -1.59. The average molecular weight is 280 g/mol. The van der Waals surface area contributed by atoms with Gasteiger partial charge in [-0.1, -0.05) is 12.1 Å². The van der Waals surface area contributed by atoms with Crippen LogP contribution in [0, 0.1) is 0 Å². The predicted molar refractivity (Wildman–Crippen MR) is 68.2 cm³/mol. The molecular weight excluding hydrogens is 267 g/mol. The molecule has 19 heavy (non-hydrogen) atoms. The van der Waals surface area contributed by atoms with E-state index in [4.69, 9.17) is 0 Å². The SMILES string of the molecule is O=P(O)(C(O)c1ccccn1)C(O)c1ccccn1. The van der Waals surface area contributed by atoms with Gasteiger partial charge in [-0.05, 0) is 24.3 Å². The van der Waals surface area contributed by atoms with Crippen LogP contribution in [0.3, 0.4) is 0 Å². The van der Waals surface area contributed by atoms with Gasteiger partial charge in [0.1, 0.15) is 0 Å². The maximum atomic E-state index is 12.2. The molecule has 0 saturated heterocycles. The van der Waals surface area contributed by atoms with Crippen molar-refractivity contribution in [2.45, 2.75) is 11.7 Å². The number of hydrogen-bond acceptors (Lipinski definition) is 5. The van der Waals surface area contributed by atoms with E-state index in [-0.39, 0.29) is 11.4 Å². The summed E-state index contributed by atoms with van der Waals surface area (Å²) in [7, 11) is -4.33. The molecule has 0 spiro atoms. The Bertz CT molecular complexity index is 529. The van der Waals surface area contributed by atoms with Crippen molar-refractivity contribution in [2.24, 2.45) is 0 Å². The van der Waals surface area contributed by atoms with Crippen molar-refractivity contribution < 1.29 is 19.7 Å². The second kappa shape index (κ2) is 5.59. The summed E-state index contributed by atoms with van der Waals surface area (Å²) >= 11 is 0. The maximum Gasteiger partial charge on any atom is 0.267 e. The second-order valence-electron chi connectivity index (χ2n) is 3.93. The number of hydrogen-bond donors (Lipinski definition) is 3. The van der Waals surface area contributed by atoms with E-state index in [1.165, 1.54) is 24.5 Å². The summed E-state index contributed by atoms with van der Waals surface area (Å²) < 4.78 is 12.2. The number of rotatable bonds is 4. The van der Waals surface area contributed by atoms with E-state index in [1.54, 1.807) is 24.3 Å². The van der Waals surface area contributed by atoms with Crippen molar-refractivity contribution >= 4 is 7.37 Å². The van der Waals surface area contributed by atoms with Gasteiger partial charge < -0.3 is 15.1 Å². The number of aliphatic hydroxyl groups excluding tert-OH is 2. The molecule has 2 heterocycles. The van der Waals surface area contributed by atoms with Gasteiger partial charge in [0.25, 0.3) is 7.37 Å². The molecule has 0 aliphatic rings. The minimum Gasteiger partial charge on any atom is -0.377 e. The van der Waals surface area contributed by atoms with Crippen molar-refractivity contribution in [1.82, 2.24) is 9.97 Å². The van der Waals surface area contributed by atoms with E-state index in [0.29, 0.717) is 0 Å². The molecular formula is C12H13N2O4P. The zero-order valence-corrected chi connectivity index (χ0v) is 10.8. The van der Waals surface area contributed by atoms with Gasteiger partial charge in [0, 0.05) is 12.4 Å². The summed E-state index contributed by atoms with van der Waals surface area (Å²) in [6.07, 6.45) is 2.79. The van der Waals surface area contributed by atoms with Crippen LogP contribution in [-0.4, -0.2) is 25.1 Å². The van der Waals surface area contributed by atoms with Crippen molar-refractivity contribution in [3.8, 4) is 0 Å². The summed E-state index contributed by atoms with van der Waals surface area (Å²) in [5, 5.41) is 19.8. The topological polar surface area (TPSA) is 104 Å². The van der Waals surface area contributed by atoms with Crippen LogP contribution < -0.4 is 0 Å². The van der Waals surface area contributed by atoms with Crippen molar-refractivity contribution in [1.29, 1.82) is 0 Å². The first-order valence-corrected chi connectivity index (χ1v) is 7.33. The smallest absolute Gasteiger partial charge is 0.267 e. The lowest BCUT2D eigenvalue weighted by Crippen LogP contribution is -2.09. The molecule has 0 bridgehead atoms. The quantitative estimate of drug-likeness (QED) is 0.732. The molecule has 0 aliphatic carbocycles. The van der Waals surface area contributed by atoms with Gasteiger partial charge in [-0.2, -0.15) is 0 Å². The van der Waals surface area contributed by atoms with Gasteiger partial charge in [0.2, 0.25) is 0 Å². The summed E-state index contributed by atoms with van der Waals surface area (Å²) in [5.41, 5.74) is 0.0617. The zero-order valence-electron chi connectivity index (χ0n) is 9.87. The number of aromatic nitrogens is 2. The standard InChI is InChI=1S/C12H13N2O4P/c15-11(9-5-1-3-7-13-9)19(17,18)12(16)10-6-2-4-8-14-10/h1-8,11-12,15-16H,(H,17,18). The van der Waals surface area contributed by atoms with Crippen molar-refractivity contribution in [3.05, 3.63) is 60.2 Å². The van der Waals surface area contributed by atoms with E-state index in [0.717, 1.165) is 0 Å². The first-order valence-electron chi connectivity index (χ1n) is 5.53. The predicted octanol–water partition coefficient (Wildman–Crippen LogP) is 1.43. The van der Waals surface area contributed by atoms with E-state index in [1.807, 2.05) is 0 Å². The highest BCUT2D eigenvalue weighted by Gasteiger charge is 2.40. The molecule has 0 aromatic carbocycles. The molecule has 0 fully saturated rings. The fraction of sp³-hybridized carbons (Fsp3) is 0.167. The van der Waals surface area contributed by atoms with Crippen LogP contribution in [0.25, 0.3) is 0 Å². The van der Waals surface area contributed by atoms with Gasteiger partial charge in [-0.15, -0.1) is 0 Å². The van der Waals surface area contributed by atoms with Crippen molar-refractivity contribution in [2.75, 3.05) is 0 Å². The molecule has 0 saturated carbocycles. The Kier molecular flexibility index (Phi) is 4.07. The lowest BCUT2D eigenvalue weighted by Gasteiger charge is -2.22. The fourth-order valence-corrected chi connectivity index (χ4v) is 2.90. The van der Waals surface area contributed by atoms with Gasteiger partial charge in [0.05, 0.1) is 11.4 Å². The third-order valence-electron chi connectivity index (χ3n) is 2.61. The molecule has 3 N–H and O–H groups in total. The van der Waals surface area contributed by atoms with Crippen LogP contribution in [0.15, 0.2) is 48.8 Å². The highest BCUT2D eigenvalue weighted by molar-refractivity contribution is 7.58. The van der Waals surface area contributed by atoms with Crippen LogP contribution in [-0.2, 0) is 4.57 Å². The molecule has 0 radical (unpaired) electrons. The zero-order chi connectivity index (χ0) is 13.9. The monoisotopic (exact) mass is 280 g/mol. The molecule has 0 aliphatic heterocycles. The molecule has 2 rings (SSSR count). The van der Waals surface area contributed by atoms with Crippen molar-refractivity contribution in [3.63, 3.8) is 0 Å². The molecule has 2 aromatic rings. The molecule has 6 nitrogen and oxygen atoms in total. The summed E-state index contributed by atoms with van der Waals surface area (Å²) in [6, 6.07) is 9.23. The number of aliphatic hydroxyl groups is 2. The fourth-order valence-electron chi connectivity index (χ4n) is 1.57. The van der Waals surface area contributed by atoms with E-state index in [2.05, 4.69) is 9.97 Å². The maximum absolute atomic E-state index is 12.2. The van der Waals surface area contributed by atoms with Gasteiger partial charge >= 0.3 is 0 Å². The summed E-state index contributed by atoms with van der Waals surface area (Å²) in [4.78, 5) is 17.5. The molecule has 100 valence electrons. The van der Waals surface area contributed by atoms with Crippen LogP contribution in [0.1, 0.15) is 23.1 Å². The third-order valence-corrected chi connectivity index (χ3v) is 4.54. The Morgan fingerprint density at radius 3 is 1.63 bits per heavy atom. The third kappa shape index (κ3) is 2.88. The largest absolute Gasteiger partial charge is 0.377 e. The highest BCUT2D eigenvalue weighted by Crippen LogP contribution is 2.62. The normalized spacial score (nSPS) is 17.4. The average Bonchev–Trinajstić information content (AvgIpc) is 2.47.